The summed E-state index contributed by atoms with van der Waals surface area (Å²) < 4.78 is 5.32. The van der Waals surface area contributed by atoms with Gasteiger partial charge in [-0.05, 0) is 60.7 Å². The summed E-state index contributed by atoms with van der Waals surface area (Å²) in [5.74, 6) is 4.86. The normalized spacial score (nSPS) is 63.9. The van der Waals surface area contributed by atoms with Gasteiger partial charge in [0.15, 0.2) is 5.41 Å². The van der Waals surface area contributed by atoms with Crippen molar-refractivity contribution < 1.29 is 9.53 Å². The fourth-order valence-corrected chi connectivity index (χ4v) is 7.18. The molecule has 0 amide bonds. The minimum absolute atomic E-state index is 0.193. The molecule has 0 aromatic carbocycles. The molecular weight excluding hydrogens is 238 g/mol. The largest absolute Gasteiger partial charge is 0.464 e. The molecule has 9 unspecified atom stereocenters. The summed E-state index contributed by atoms with van der Waals surface area (Å²) in [7, 11) is 0. The summed E-state index contributed by atoms with van der Waals surface area (Å²) in [4.78, 5) is 12.2. The zero-order valence-corrected chi connectivity index (χ0v) is 11.2. The summed E-state index contributed by atoms with van der Waals surface area (Å²) in [6, 6.07) is 2.43. The Morgan fingerprint density at radius 2 is 2.05 bits per heavy atom. The highest BCUT2D eigenvalue weighted by Gasteiger charge is 2.76. The van der Waals surface area contributed by atoms with E-state index in [1.165, 1.54) is 12.8 Å². The fourth-order valence-electron chi connectivity index (χ4n) is 7.18. The first-order chi connectivity index (χ1) is 9.18. The zero-order valence-electron chi connectivity index (χ0n) is 11.2. The van der Waals surface area contributed by atoms with Gasteiger partial charge in [0.05, 0.1) is 12.7 Å². The van der Waals surface area contributed by atoms with Crippen LogP contribution in [-0.2, 0) is 9.53 Å². The summed E-state index contributed by atoms with van der Waals surface area (Å²) >= 11 is 0. The first kappa shape index (κ1) is 10.7. The van der Waals surface area contributed by atoms with E-state index in [1.807, 2.05) is 0 Å². The molecule has 5 aliphatic rings. The standard InChI is InChI=1S/C16H19NO2/c1-7-2-8-3-9(7)14-11-4-10(13(8)14)12-5-19-15(18)16(11,12)6-17/h7-14H,2-5H2,1H3. The van der Waals surface area contributed by atoms with E-state index in [9.17, 15) is 10.1 Å². The highest BCUT2D eigenvalue weighted by Crippen LogP contribution is 2.75. The maximum atomic E-state index is 12.2. The van der Waals surface area contributed by atoms with E-state index in [1.54, 1.807) is 0 Å². The molecule has 4 bridgehead atoms. The summed E-state index contributed by atoms with van der Waals surface area (Å²) in [5.41, 5.74) is -0.754. The number of nitrogens with zero attached hydrogens (tertiary/aromatic N) is 1. The van der Waals surface area contributed by atoms with Crippen LogP contribution in [0.2, 0.25) is 0 Å². The Morgan fingerprint density at radius 1 is 1.21 bits per heavy atom. The van der Waals surface area contributed by atoms with Crippen LogP contribution >= 0.6 is 0 Å². The number of rotatable bonds is 0. The van der Waals surface area contributed by atoms with E-state index in [0.717, 1.165) is 30.1 Å². The lowest BCUT2D eigenvalue weighted by Gasteiger charge is -2.43. The van der Waals surface area contributed by atoms with Gasteiger partial charge in [-0.1, -0.05) is 6.92 Å². The van der Waals surface area contributed by atoms with Crippen LogP contribution in [0.25, 0.3) is 0 Å². The lowest BCUT2D eigenvalue weighted by Crippen LogP contribution is -2.47. The number of carbonyl (C=O) groups excluding carboxylic acids is 1. The molecular formula is C16H19NO2. The Labute approximate surface area is 113 Å². The van der Waals surface area contributed by atoms with Crippen molar-refractivity contribution in [3.8, 4) is 6.07 Å². The molecule has 0 N–H and O–H groups in total. The third-order valence-electron chi connectivity index (χ3n) is 7.55. The van der Waals surface area contributed by atoms with Crippen molar-refractivity contribution in [1.29, 1.82) is 5.26 Å². The van der Waals surface area contributed by atoms with Gasteiger partial charge >= 0.3 is 5.97 Å². The van der Waals surface area contributed by atoms with Gasteiger partial charge in [-0.3, -0.25) is 4.79 Å². The first-order valence-electron chi connectivity index (χ1n) is 7.77. The molecule has 0 radical (unpaired) electrons. The van der Waals surface area contributed by atoms with E-state index in [4.69, 9.17) is 4.74 Å². The van der Waals surface area contributed by atoms with Crippen molar-refractivity contribution in [2.45, 2.75) is 26.2 Å². The van der Waals surface area contributed by atoms with Crippen molar-refractivity contribution in [1.82, 2.24) is 0 Å². The molecule has 0 aromatic rings. The van der Waals surface area contributed by atoms with Gasteiger partial charge in [-0.25, -0.2) is 0 Å². The lowest BCUT2D eigenvalue weighted by atomic mass is 9.56. The number of carbonyl (C=O) groups is 1. The summed E-state index contributed by atoms with van der Waals surface area (Å²) in [5, 5.41) is 9.72. The average Bonchev–Trinajstić information content (AvgIpc) is 3.11. The predicted octanol–water partition coefficient (Wildman–Crippen LogP) is 2.23. The van der Waals surface area contributed by atoms with Crippen molar-refractivity contribution in [3.63, 3.8) is 0 Å². The fraction of sp³-hybridized carbons (Fsp3) is 0.875. The molecule has 1 saturated heterocycles. The Bertz CT molecular complexity index is 523. The van der Waals surface area contributed by atoms with Crippen LogP contribution in [0.3, 0.4) is 0 Å². The Morgan fingerprint density at radius 3 is 2.84 bits per heavy atom. The number of hydrogen-bond donors (Lipinski definition) is 0. The van der Waals surface area contributed by atoms with Gasteiger partial charge < -0.3 is 4.74 Å². The number of nitriles is 1. The topological polar surface area (TPSA) is 50.1 Å². The van der Waals surface area contributed by atoms with Crippen molar-refractivity contribution >= 4 is 5.97 Å². The van der Waals surface area contributed by atoms with Gasteiger partial charge in [-0.15, -0.1) is 0 Å². The van der Waals surface area contributed by atoms with E-state index < -0.39 is 5.41 Å². The highest BCUT2D eigenvalue weighted by atomic mass is 16.5. The van der Waals surface area contributed by atoms with Gasteiger partial charge in [0.1, 0.15) is 0 Å². The molecule has 9 atom stereocenters. The Kier molecular flexibility index (Phi) is 1.69. The highest BCUT2D eigenvalue weighted by molar-refractivity contribution is 5.84. The quantitative estimate of drug-likeness (QED) is 0.494. The molecule has 4 saturated carbocycles. The van der Waals surface area contributed by atoms with Gasteiger partial charge in [0.25, 0.3) is 0 Å². The summed E-state index contributed by atoms with van der Waals surface area (Å²) in [6.07, 6.45) is 3.88. The van der Waals surface area contributed by atoms with Gasteiger partial charge in [-0.2, -0.15) is 5.26 Å². The Hall–Kier alpha value is -1.04. The molecule has 0 aromatic heterocycles. The number of hydrogen-bond acceptors (Lipinski definition) is 3. The van der Waals surface area contributed by atoms with E-state index in [-0.39, 0.29) is 11.9 Å². The molecule has 5 rings (SSSR count). The number of esters is 1. The SMILES string of the molecule is CC1CC2CC1C1C2C2CC1C1(C#N)C(=O)OCC21. The molecule has 19 heavy (non-hydrogen) atoms. The molecule has 100 valence electrons. The lowest BCUT2D eigenvalue weighted by molar-refractivity contribution is -0.147. The predicted molar refractivity (Wildman–Crippen MR) is 66.5 cm³/mol. The van der Waals surface area contributed by atoms with Crippen LogP contribution in [0.15, 0.2) is 0 Å². The number of ether oxygens (including phenoxy) is 1. The van der Waals surface area contributed by atoms with Crippen LogP contribution in [-0.4, -0.2) is 12.6 Å². The van der Waals surface area contributed by atoms with Crippen LogP contribution in [0.5, 0.6) is 0 Å². The van der Waals surface area contributed by atoms with Gasteiger partial charge in [0, 0.05) is 5.92 Å². The molecule has 3 heteroatoms. The van der Waals surface area contributed by atoms with E-state index in [2.05, 4.69) is 13.0 Å². The van der Waals surface area contributed by atoms with Crippen LogP contribution in [0, 0.1) is 64.1 Å². The second-order valence-electron chi connectivity index (χ2n) is 7.72. The summed E-state index contributed by atoms with van der Waals surface area (Å²) in [6.45, 7) is 2.89. The minimum atomic E-state index is -0.754. The molecule has 1 heterocycles. The maximum absolute atomic E-state index is 12.2. The van der Waals surface area contributed by atoms with Crippen molar-refractivity contribution in [2.75, 3.05) is 6.61 Å². The number of cyclic esters (lactones) is 1. The van der Waals surface area contributed by atoms with E-state index in [0.29, 0.717) is 24.4 Å². The molecule has 5 fully saturated rings. The monoisotopic (exact) mass is 257 g/mol. The maximum Gasteiger partial charge on any atom is 0.327 e. The second-order valence-corrected chi connectivity index (χ2v) is 7.72. The minimum Gasteiger partial charge on any atom is -0.464 e. The van der Waals surface area contributed by atoms with Crippen LogP contribution in [0.1, 0.15) is 26.2 Å². The molecule has 3 nitrogen and oxygen atoms in total. The van der Waals surface area contributed by atoms with Crippen LogP contribution in [0.4, 0.5) is 0 Å². The Balaban J connectivity index is 1.64. The average molecular weight is 257 g/mol. The second kappa shape index (κ2) is 3.00. The van der Waals surface area contributed by atoms with Crippen molar-refractivity contribution in [2.24, 2.45) is 52.8 Å². The molecule has 0 spiro atoms. The molecule has 4 aliphatic carbocycles. The number of fused-ring (bicyclic) bond motifs is 12. The van der Waals surface area contributed by atoms with Crippen molar-refractivity contribution in [3.05, 3.63) is 0 Å². The third-order valence-corrected chi connectivity index (χ3v) is 7.55. The zero-order chi connectivity index (χ0) is 12.9. The van der Waals surface area contributed by atoms with E-state index >= 15 is 0 Å². The van der Waals surface area contributed by atoms with Crippen LogP contribution < -0.4 is 0 Å². The molecule has 1 aliphatic heterocycles. The van der Waals surface area contributed by atoms with Gasteiger partial charge in [0.2, 0.25) is 0 Å². The third kappa shape index (κ3) is 0.899. The first-order valence-corrected chi connectivity index (χ1v) is 7.77. The smallest absolute Gasteiger partial charge is 0.327 e.